The van der Waals surface area contributed by atoms with Crippen LogP contribution >= 0.6 is 0 Å². The van der Waals surface area contributed by atoms with Crippen molar-refractivity contribution in [3.63, 3.8) is 0 Å². The molecule has 0 aromatic rings. The van der Waals surface area contributed by atoms with E-state index in [1.165, 1.54) is 25.8 Å². The molecule has 1 N–H and O–H groups in total. The number of nitrogens with zero attached hydrogens (tertiary/aromatic N) is 1. The van der Waals surface area contributed by atoms with E-state index in [1.54, 1.807) is 7.11 Å². The molecule has 0 amide bonds. The Morgan fingerprint density at radius 3 is 2.44 bits per heavy atom. The van der Waals surface area contributed by atoms with E-state index >= 15 is 0 Å². The van der Waals surface area contributed by atoms with E-state index in [1.807, 2.05) is 0 Å². The Kier molecular flexibility index (Phi) is 6.61. The van der Waals surface area contributed by atoms with Gasteiger partial charge in [0.2, 0.25) is 0 Å². The predicted molar refractivity (Wildman–Crippen MR) is 78.0 cm³/mol. The molecule has 0 radical (unpaired) electrons. The third-order valence-electron chi connectivity index (χ3n) is 3.74. The Hall–Kier alpha value is -0.120. The number of methoxy groups -OCH3 is 1. The van der Waals surface area contributed by atoms with E-state index < -0.39 is 0 Å². The number of nitrogens with one attached hydrogen (secondary N) is 1. The van der Waals surface area contributed by atoms with Crippen LogP contribution in [0.5, 0.6) is 0 Å². The smallest absolute Gasteiger partial charge is 0.0589 e. The number of rotatable bonds is 9. The van der Waals surface area contributed by atoms with Gasteiger partial charge in [0.1, 0.15) is 0 Å². The van der Waals surface area contributed by atoms with Gasteiger partial charge in [0, 0.05) is 25.2 Å². The highest BCUT2D eigenvalue weighted by molar-refractivity contribution is 4.85. The van der Waals surface area contributed by atoms with Gasteiger partial charge in [-0.25, -0.2) is 0 Å². The standard InChI is InChI=1S/C15H32N2O/c1-13(14-7-8-14)17(11-12-18-5)10-6-9-16-15(2,3)4/h13-14,16H,6-12H2,1-5H3. The van der Waals surface area contributed by atoms with Crippen molar-refractivity contribution in [1.82, 2.24) is 10.2 Å². The second kappa shape index (κ2) is 7.46. The highest BCUT2D eigenvalue weighted by Gasteiger charge is 2.31. The summed E-state index contributed by atoms with van der Waals surface area (Å²) >= 11 is 0. The third-order valence-corrected chi connectivity index (χ3v) is 3.74. The van der Waals surface area contributed by atoms with Crippen molar-refractivity contribution in [3.05, 3.63) is 0 Å². The van der Waals surface area contributed by atoms with Crippen molar-refractivity contribution >= 4 is 0 Å². The number of hydrogen-bond donors (Lipinski definition) is 1. The Bertz CT molecular complexity index is 221. The van der Waals surface area contributed by atoms with Crippen LogP contribution < -0.4 is 5.32 Å². The van der Waals surface area contributed by atoms with Gasteiger partial charge in [0.15, 0.2) is 0 Å². The highest BCUT2D eigenvalue weighted by atomic mass is 16.5. The summed E-state index contributed by atoms with van der Waals surface area (Å²) in [5.74, 6) is 0.942. The molecule has 0 saturated heterocycles. The molecule has 1 aliphatic rings. The van der Waals surface area contributed by atoms with Crippen LogP contribution in [0.3, 0.4) is 0 Å². The van der Waals surface area contributed by atoms with Gasteiger partial charge in [-0.3, -0.25) is 4.90 Å². The zero-order chi connectivity index (χ0) is 13.6. The molecule has 1 atom stereocenters. The van der Waals surface area contributed by atoms with E-state index in [0.29, 0.717) is 0 Å². The fourth-order valence-corrected chi connectivity index (χ4v) is 2.35. The molecule has 0 heterocycles. The average molecular weight is 256 g/mol. The molecule has 1 aliphatic carbocycles. The van der Waals surface area contributed by atoms with Gasteiger partial charge >= 0.3 is 0 Å². The summed E-state index contributed by atoms with van der Waals surface area (Å²) in [7, 11) is 1.79. The molecule has 3 nitrogen and oxygen atoms in total. The fourth-order valence-electron chi connectivity index (χ4n) is 2.35. The van der Waals surface area contributed by atoms with Crippen molar-refractivity contribution in [1.29, 1.82) is 0 Å². The minimum atomic E-state index is 0.236. The first kappa shape index (κ1) is 15.9. The lowest BCUT2D eigenvalue weighted by Crippen LogP contribution is -2.41. The predicted octanol–water partition coefficient (Wildman–Crippen LogP) is 2.51. The molecular formula is C15H32N2O. The Balaban J connectivity index is 2.22. The Labute approximate surface area is 113 Å². The van der Waals surface area contributed by atoms with Crippen LogP contribution in [0.2, 0.25) is 0 Å². The molecule has 0 aromatic carbocycles. The quantitative estimate of drug-likeness (QED) is 0.642. The molecule has 0 bridgehead atoms. The van der Waals surface area contributed by atoms with Crippen LogP contribution in [0.4, 0.5) is 0 Å². The van der Waals surface area contributed by atoms with Crippen LogP contribution in [0.25, 0.3) is 0 Å². The van der Waals surface area contributed by atoms with Gasteiger partial charge in [-0.1, -0.05) is 0 Å². The monoisotopic (exact) mass is 256 g/mol. The van der Waals surface area contributed by atoms with Crippen LogP contribution in [0, 0.1) is 5.92 Å². The van der Waals surface area contributed by atoms with Crippen LogP contribution in [-0.2, 0) is 4.74 Å². The van der Waals surface area contributed by atoms with E-state index in [-0.39, 0.29) is 5.54 Å². The highest BCUT2D eigenvalue weighted by Crippen LogP contribution is 2.35. The Morgan fingerprint density at radius 1 is 1.28 bits per heavy atom. The third kappa shape index (κ3) is 6.72. The van der Waals surface area contributed by atoms with Gasteiger partial charge in [-0.2, -0.15) is 0 Å². The van der Waals surface area contributed by atoms with Crippen LogP contribution in [0.1, 0.15) is 47.0 Å². The van der Waals surface area contributed by atoms with Crippen molar-refractivity contribution in [2.45, 2.75) is 58.5 Å². The van der Waals surface area contributed by atoms with E-state index in [9.17, 15) is 0 Å². The van der Waals surface area contributed by atoms with E-state index in [0.717, 1.165) is 31.7 Å². The number of hydrogen-bond acceptors (Lipinski definition) is 3. The summed E-state index contributed by atoms with van der Waals surface area (Å²) in [5.41, 5.74) is 0.236. The van der Waals surface area contributed by atoms with Gasteiger partial charge in [0.05, 0.1) is 6.61 Å². The maximum atomic E-state index is 5.23. The summed E-state index contributed by atoms with van der Waals surface area (Å²) in [4.78, 5) is 2.60. The molecule has 3 heteroatoms. The van der Waals surface area contributed by atoms with Gasteiger partial charge in [-0.15, -0.1) is 0 Å². The first-order chi connectivity index (χ1) is 8.44. The van der Waals surface area contributed by atoms with E-state index in [2.05, 4.69) is 37.9 Å². The first-order valence-electron chi connectivity index (χ1n) is 7.42. The molecule has 1 unspecified atom stereocenters. The van der Waals surface area contributed by atoms with Gasteiger partial charge in [0.25, 0.3) is 0 Å². The maximum Gasteiger partial charge on any atom is 0.0589 e. The minimum absolute atomic E-state index is 0.236. The molecule has 108 valence electrons. The fraction of sp³-hybridized carbons (Fsp3) is 1.00. The van der Waals surface area contributed by atoms with E-state index in [4.69, 9.17) is 4.74 Å². The first-order valence-corrected chi connectivity index (χ1v) is 7.42. The molecule has 0 aliphatic heterocycles. The van der Waals surface area contributed by atoms with Crippen molar-refractivity contribution in [3.8, 4) is 0 Å². The zero-order valence-electron chi connectivity index (χ0n) is 13.0. The second-order valence-electron chi connectivity index (χ2n) is 6.64. The lowest BCUT2D eigenvalue weighted by Gasteiger charge is -2.29. The van der Waals surface area contributed by atoms with Crippen LogP contribution in [-0.4, -0.2) is 49.8 Å². The van der Waals surface area contributed by atoms with Gasteiger partial charge in [-0.05, 0) is 66.0 Å². The summed E-state index contributed by atoms with van der Waals surface area (Å²) < 4.78 is 5.23. The lowest BCUT2D eigenvalue weighted by atomic mass is 10.1. The summed E-state index contributed by atoms with van der Waals surface area (Å²) in [6.07, 6.45) is 4.06. The van der Waals surface area contributed by atoms with Gasteiger partial charge < -0.3 is 10.1 Å². The minimum Gasteiger partial charge on any atom is -0.383 e. The molecular weight excluding hydrogens is 224 g/mol. The van der Waals surface area contributed by atoms with Crippen molar-refractivity contribution in [2.24, 2.45) is 5.92 Å². The molecule has 1 fully saturated rings. The molecule has 1 saturated carbocycles. The molecule has 18 heavy (non-hydrogen) atoms. The summed E-state index contributed by atoms with van der Waals surface area (Å²) in [6, 6.07) is 0.731. The topological polar surface area (TPSA) is 24.5 Å². The normalized spacial score (nSPS) is 18.3. The SMILES string of the molecule is COCCN(CCCNC(C)(C)C)C(C)C1CC1. The molecule has 0 aromatic heterocycles. The maximum absolute atomic E-state index is 5.23. The largest absolute Gasteiger partial charge is 0.383 e. The number of ether oxygens (including phenoxy) is 1. The van der Waals surface area contributed by atoms with Crippen molar-refractivity contribution < 1.29 is 4.74 Å². The lowest BCUT2D eigenvalue weighted by molar-refractivity contribution is 0.115. The summed E-state index contributed by atoms with van der Waals surface area (Å²) in [5, 5.41) is 3.56. The zero-order valence-corrected chi connectivity index (χ0v) is 13.0. The second-order valence-corrected chi connectivity index (χ2v) is 6.64. The average Bonchev–Trinajstić information content (AvgIpc) is 3.09. The van der Waals surface area contributed by atoms with Crippen molar-refractivity contribution in [2.75, 3.05) is 33.4 Å². The van der Waals surface area contributed by atoms with Crippen LogP contribution in [0.15, 0.2) is 0 Å². The molecule has 0 spiro atoms. The summed E-state index contributed by atoms with van der Waals surface area (Å²) in [6.45, 7) is 13.3. The Morgan fingerprint density at radius 2 is 1.94 bits per heavy atom. The molecule has 1 rings (SSSR count).